The van der Waals surface area contributed by atoms with E-state index in [-0.39, 0.29) is 18.5 Å². The topological polar surface area (TPSA) is 69.7 Å². The molecule has 2 aromatic rings. The van der Waals surface area contributed by atoms with Gasteiger partial charge in [0.15, 0.2) is 0 Å². The third-order valence-electron chi connectivity index (χ3n) is 6.66. The molecule has 3 rings (SSSR count). The van der Waals surface area contributed by atoms with E-state index in [0.29, 0.717) is 37.0 Å². The molecule has 1 saturated heterocycles. The SMILES string of the molecule is CCc1ccc([C@@H](C)NC(=O)CN2CCN(S(=O)(=O)c3ccc([C@H](C)CC)cc3)CC2)cc1. The van der Waals surface area contributed by atoms with Crippen molar-refractivity contribution in [2.75, 3.05) is 32.7 Å². The molecule has 1 aliphatic rings. The number of aryl methyl sites for hydroxylation is 1. The molecule has 0 aromatic heterocycles. The summed E-state index contributed by atoms with van der Waals surface area (Å²) in [5.74, 6) is 0.369. The van der Waals surface area contributed by atoms with Gasteiger partial charge < -0.3 is 5.32 Å². The van der Waals surface area contributed by atoms with Crippen LogP contribution in [0.3, 0.4) is 0 Å². The molecule has 7 heteroatoms. The molecule has 1 fully saturated rings. The second-order valence-corrected chi connectivity index (χ2v) is 10.9. The number of sulfonamides is 1. The summed E-state index contributed by atoms with van der Waals surface area (Å²) in [4.78, 5) is 14.9. The van der Waals surface area contributed by atoms with Crippen molar-refractivity contribution in [1.82, 2.24) is 14.5 Å². The van der Waals surface area contributed by atoms with Gasteiger partial charge in [0, 0.05) is 26.2 Å². The van der Waals surface area contributed by atoms with Crippen molar-refractivity contribution in [3.63, 3.8) is 0 Å². The lowest BCUT2D eigenvalue weighted by Crippen LogP contribution is -2.51. The average molecular weight is 472 g/mol. The van der Waals surface area contributed by atoms with Crippen LogP contribution in [0.5, 0.6) is 0 Å². The summed E-state index contributed by atoms with van der Waals surface area (Å²) < 4.78 is 27.6. The van der Waals surface area contributed by atoms with Crippen LogP contribution in [-0.2, 0) is 21.2 Å². The van der Waals surface area contributed by atoms with Crippen molar-refractivity contribution in [1.29, 1.82) is 0 Å². The van der Waals surface area contributed by atoms with Crippen LogP contribution in [0.4, 0.5) is 0 Å². The van der Waals surface area contributed by atoms with Crippen molar-refractivity contribution < 1.29 is 13.2 Å². The fourth-order valence-electron chi connectivity index (χ4n) is 4.10. The van der Waals surface area contributed by atoms with E-state index in [9.17, 15) is 13.2 Å². The maximum atomic E-state index is 13.0. The first kappa shape index (κ1) is 25.4. The van der Waals surface area contributed by atoms with E-state index in [0.717, 1.165) is 24.0 Å². The van der Waals surface area contributed by atoms with Crippen LogP contribution in [0.1, 0.15) is 62.8 Å². The molecule has 0 bridgehead atoms. The maximum absolute atomic E-state index is 13.0. The summed E-state index contributed by atoms with van der Waals surface area (Å²) >= 11 is 0. The predicted molar refractivity (Wildman–Crippen MR) is 133 cm³/mol. The van der Waals surface area contributed by atoms with Gasteiger partial charge in [0.25, 0.3) is 0 Å². The number of benzene rings is 2. The minimum atomic E-state index is -3.52. The molecular weight excluding hydrogens is 434 g/mol. The van der Waals surface area contributed by atoms with Crippen LogP contribution < -0.4 is 5.32 Å². The van der Waals surface area contributed by atoms with Gasteiger partial charge in [-0.25, -0.2) is 8.42 Å². The first-order chi connectivity index (χ1) is 15.7. The van der Waals surface area contributed by atoms with Crippen LogP contribution in [0, 0.1) is 0 Å². The number of hydrogen-bond donors (Lipinski definition) is 1. The molecule has 2 atom stereocenters. The molecule has 1 heterocycles. The summed E-state index contributed by atoms with van der Waals surface area (Å²) in [5.41, 5.74) is 3.51. The lowest BCUT2D eigenvalue weighted by molar-refractivity contribution is -0.123. The Kier molecular flexibility index (Phi) is 8.68. The monoisotopic (exact) mass is 471 g/mol. The normalized spacial score (nSPS) is 17.5. The third kappa shape index (κ3) is 6.43. The molecular formula is C26H37N3O3S. The second-order valence-electron chi connectivity index (χ2n) is 8.94. The minimum Gasteiger partial charge on any atom is -0.348 e. The van der Waals surface area contributed by atoms with Gasteiger partial charge in [0.2, 0.25) is 15.9 Å². The van der Waals surface area contributed by atoms with Gasteiger partial charge >= 0.3 is 0 Å². The van der Waals surface area contributed by atoms with E-state index in [1.807, 2.05) is 24.0 Å². The Morgan fingerprint density at radius 2 is 1.48 bits per heavy atom. The standard InChI is InChI=1S/C26H37N3O3S/c1-5-20(3)23-11-13-25(14-12-23)33(31,32)29-17-15-28(16-18-29)19-26(30)27-21(4)24-9-7-22(6-2)8-10-24/h7-14,20-21H,5-6,15-19H2,1-4H3,(H,27,30)/t20-,21-/m1/s1. The van der Waals surface area contributed by atoms with Crippen LogP contribution in [0.2, 0.25) is 0 Å². The molecule has 0 spiro atoms. The van der Waals surface area contributed by atoms with E-state index >= 15 is 0 Å². The Morgan fingerprint density at radius 3 is 2.03 bits per heavy atom. The molecule has 1 N–H and O–H groups in total. The quantitative estimate of drug-likeness (QED) is 0.601. The molecule has 2 aromatic carbocycles. The van der Waals surface area contributed by atoms with Crippen molar-refractivity contribution in [2.24, 2.45) is 0 Å². The van der Waals surface area contributed by atoms with Crippen molar-refractivity contribution in [3.8, 4) is 0 Å². The number of carbonyl (C=O) groups is 1. The van der Waals surface area contributed by atoms with Gasteiger partial charge in [-0.05, 0) is 54.5 Å². The maximum Gasteiger partial charge on any atom is 0.243 e. The number of nitrogens with zero attached hydrogens (tertiary/aromatic N) is 2. The molecule has 0 unspecified atom stereocenters. The Labute approximate surface area is 199 Å². The molecule has 0 aliphatic carbocycles. The molecule has 0 radical (unpaired) electrons. The highest BCUT2D eigenvalue weighted by molar-refractivity contribution is 7.89. The number of rotatable bonds is 9. The van der Waals surface area contributed by atoms with Crippen LogP contribution >= 0.6 is 0 Å². The number of nitrogens with one attached hydrogen (secondary N) is 1. The van der Waals surface area contributed by atoms with E-state index in [1.165, 1.54) is 9.87 Å². The molecule has 1 aliphatic heterocycles. The predicted octanol–water partition coefficient (Wildman–Crippen LogP) is 3.95. The fraction of sp³-hybridized carbons (Fsp3) is 0.500. The average Bonchev–Trinajstić information content (AvgIpc) is 2.83. The summed E-state index contributed by atoms with van der Waals surface area (Å²) in [7, 11) is -3.52. The molecule has 33 heavy (non-hydrogen) atoms. The van der Waals surface area contributed by atoms with E-state index in [1.54, 1.807) is 12.1 Å². The third-order valence-corrected chi connectivity index (χ3v) is 8.58. The number of piperazine rings is 1. The minimum absolute atomic E-state index is 0.0426. The van der Waals surface area contributed by atoms with Gasteiger partial charge in [0.05, 0.1) is 17.5 Å². The summed E-state index contributed by atoms with van der Waals surface area (Å²) in [6.07, 6.45) is 2.01. The van der Waals surface area contributed by atoms with E-state index < -0.39 is 10.0 Å². The highest BCUT2D eigenvalue weighted by Crippen LogP contribution is 2.23. The summed E-state index contributed by atoms with van der Waals surface area (Å²) in [6, 6.07) is 15.5. The Bertz CT molecular complexity index is 1010. The van der Waals surface area contributed by atoms with Gasteiger partial charge in [0.1, 0.15) is 0 Å². The zero-order valence-corrected chi connectivity index (χ0v) is 21.1. The number of carbonyl (C=O) groups excluding carboxylic acids is 1. The van der Waals surface area contributed by atoms with Gasteiger partial charge in [-0.15, -0.1) is 0 Å². The molecule has 180 valence electrons. The summed E-state index contributed by atoms with van der Waals surface area (Å²) in [6.45, 7) is 10.5. The second kappa shape index (κ2) is 11.3. The fourth-order valence-corrected chi connectivity index (χ4v) is 5.52. The zero-order valence-electron chi connectivity index (χ0n) is 20.3. The highest BCUT2D eigenvalue weighted by Gasteiger charge is 2.29. The summed E-state index contributed by atoms with van der Waals surface area (Å²) in [5, 5.41) is 3.05. The Hall–Kier alpha value is -2.22. The van der Waals surface area contributed by atoms with E-state index in [2.05, 4.69) is 50.4 Å². The van der Waals surface area contributed by atoms with Gasteiger partial charge in [-0.3, -0.25) is 9.69 Å². The first-order valence-electron chi connectivity index (χ1n) is 11.9. The van der Waals surface area contributed by atoms with Gasteiger partial charge in [-0.2, -0.15) is 4.31 Å². The first-order valence-corrected chi connectivity index (χ1v) is 13.4. The van der Waals surface area contributed by atoms with Crippen LogP contribution in [-0.4, -0.2) is 56.3 Å². The Morgan fingerprint density at radius 1 is 0.909 bits per heavy atom. The largest absolute Gasteiger partial charge is 0.348 e. The van der Waals surface area contributed by atoms with Gasteiger partial charge in [-0.1, -0.05) is 57.2 Å². The van der Waals surface area contributed by atoms with Crippen molar-refractivity contribution >= 4 is 15.9 Å². The number of hydrogen-bond acceptors (Lipinski definition) is 4. The smallest absolute Gasteiger partial charge is 0.243 e. The molecule has 0 saturated carbocycles. The lowest BCUT2D eigenvalue weighted by atomic mass is 9.99. The van der Waals surface area contributed by atoms with E-state index in [4.69, 9.17) is 0 Å². The van der Waals surface area contributed by atoms with Crippen LogP contribution in [0.25, 0.3) is 0 Å². The molecule has 1 amide bonds. The number of amides is 1. The highest BCUT2D eigenvalue weighted by atomic mass is 32.2. The van der Waals surface area contributed by atoms with Crippen molar-refractivity contribution in [2.45, 2.75) is 57.4 Å². The van der Waals surface area contributed by atoms with Crippen molar-refractivity contribution in [3.05, 3.63) is 65.2 Å². The van der Waals surface area contributed by atoms with Crippen LogP contribution in [0.15, 0.2) is 53.4 Å². The Balaban J connectivity index is 1.50. The molecule has 6 nitrogen and oxygen atoms in total. The lowest BCUT2D eigenvalue weighted by Gasteiger charge is -2.33. The zero-order chi connectivity index (χ0) is 24.0.